The number of anilines is 1. The van der Waals surface area contributed by atoms with Crippen LogP contribution >= 0.6 is 0 Å². The number of hydrogen-bond donors (Lipinski definition) is 1. The fourth-order valence-electron chi connectivity index (χ4n) is 2.48. The van der Waals surface area contributed by atoms with Gasteiger partial charge in [-0.3, -0.25) is 9.78 Å². The molecular weight excluding hydrogens is 386 g/mol. The monoisotopic (exact) mass is 417 g/mol. The van der Waals surface area contributed by atoms with Gasteiger partial charge in [-0.1, -0.05) is 50.1 Å². The molecule has 0 aliphatic rings. The first-order valence-electron chi connectivity index (χ1n) is 10.3. The summed E-state index contributed by atoms with van der Waals surface area (Å²) in [6.45, 7) is 11.9. The van der Waals surface area contributed by atoms with Gasteiger partial charge in [0.15, 0.2) is 5.78 Å². The van der Waals surface area contributed by atoms with Gasteiger partial charge in [0.1, 0.15) is 6.07 Å². The minimum absolute atomic E-state index is 0.0659. The Kier molecular flexibility index (Phi) is 11.2. The van der Waals surface area contributed by atoms with Gasteiger partial charge in [-0.05, 0) is 44.9 Å². The Morgan fingerprint density at radius 3 is 2.19 bits per heavy atom. The maximum atomic E-state index is 10.8. The molecule has 0 bridgehead atoms. The summed E-state index contributed by atoms with van der Waals surface area (Å²) in [5.74, 6) is 0.250. The number of nitrogens with one attached hydrogen (secondary N) is 1. The number of carbonyl (C=O) groups excluding carboxylic acids is 1. The molecule has 6 heteroatoms. The van der Waals surface area contributed by atoms with Crippen molar-refractivity contribution in [1.82, 2.24) is 15.0 Å². The number of nitrogens with zero attached hydrogens (tertiary/aromatic N) is 4. The molecule has 0 aliphatic heterocycles. The minimum atomic E-state index is 0.0659. The van der Waals surface area contributed by atoms with E-state index in [0.29, 0.717) is 5.56 Å². The third kappa shape index (κ3) is 9.64. The first-order chi connectivity index (χ1) is 14.8. The quantitative estimate of drug-likeness (QED) is 0.536. The van der Waals surface area contributed by atoms with Gasteiger partial charge in [-0.15, -0.1) is 0 Å². The molecule has 0 saturated heterocycles. The number of aromatic nitrogens is 3. The molecule has 3 aromatic rings. The van der Waals surface area contributed by atoms with Crippen LogP contribution in [-0.4, -0.2) is 20.7 Å². The highest BCUT2D eigenvalue weighted by Crippen LogP contribution is 2.18. The summed E-state index contributed by atoms with van der Waals surface area (Å²) in [6.07, 6.45) is 7.80. The summed E-state index contributed by atoms with van der Waals surface area (Å²) < 4.78 is 0. The molecule has 1 unspecified atom stereocenters. The lowest BCUT2D eigenvalue weighted by atomic mass is 10.1. The zero-order valence-corrected chi connectivity index (χ0v) is 19.2. The van der Waals surface area contributed by atoms with Crippen LogP contribution in [-0.2, 0) is 0 Å². The molecule has 0 saturated carbocycles. The molecule has 6 nitrogen and oxygen atoms in total. The van der Waals surface area contributed by atoms with E-state index in [1.54, 1.807) is 24.8 Å². The van der Waals surface area contributed by atoms with Gasteiger partial charge in [-0.2, -0.15) is 5.26 Å². The van der Waals surface area contributed by atoms with Gasteiger partial charge >= 0.3 is 0 Å². The Hall–Kier alpha value is -3.59. The standard InChI is InChI=1S/C14H14N4.C8H9NO.C3H8/c1-10-4-3-5-12(6-10)11(2)18-13-8-16-14(7-15)17-9-13;1-6-3-8(7(2)10)5-9-4-6;1-3-2/h3-6,8-9,11,18H,1-2H3;3-5H,1-2H3;3H2,1-2H3. The van der Waals surface area contributed by atoms with Crippen molar-refractivity contribution in [3.63, 3.8) is 0 Å². The Morgan fingerprint density at radius 1 is 1.06 bits per heavy atom. The number of aryl methyl sites for hydroxylation is 2. The molecule has 162 valence electrons. The second-order valence-corrected chi connectivity index (χ2v) is 7.20. The number of nitriles is 1. The van der Waals surface area contributed by atoms with Crippen LogP contribution in [0.2, 0.25) is 0 Å². The molecule has 0 spiro atoms. The highest BCUT2D eigenvalue weighted by molar-refractivity contribution is 5.93. The number of pyridine rings is 1. The number of benzene rings is 1. The third-order valence-electron chi connectivity index (χ3n) is 3.96. The van der Waals surface area contributed by atoms with Crippen LogP contribution in [0.1, 0.15) is 73.0 Å². The second kappa shape index (κ2) is 13.6. The fourth-order valence-corrected chi connectivity index (χ4v) is 2.48. The largest absolute Gasteiger partial charge is 0.376 e. The van der Waals surface area contributed by atoms with Gasteiger partial charge in [0.2, 0.25) is 5.82 Å². The smallest absolute Gasteiger partial charge is 0.232 e. The highest BCUT2D eigenvalue weighted by atomic mass is 16.1. The molecule has 3 rings (SSSR count). The van der Waals surface area contributed by atoms with E-state index in [-0.39, 0.29) is 17.6 Å². The number of rotatable bonds is 4. The van der Waals surface area contributed by atoms with E-state index in [0.717, 1.165) is 11.3 Å². The zero-order valence-electron chi connectivity index (χ0n) is 19.2. The van der Waals surface area contributed by atoms with Crippen molar-refractivity contribution in [2.45, 2.75) is 54.0 Å². The molecule has 1 aromatic carbocycles. The lowest BCUT2D eigenvalue weighted by Crippen LogP contribution is -2.07. The van der Waals surface area contributed by atoms with Crippen LogP contribution in [0.25, 0.3) is 0 Å². The Balaban J connectivity index is 0.000000311. The fraction of sp³-hybridized carbons (Fsp3) is 0.320. The number of carbonyl (C=O) groups is 1. The number of hydrogen-bond acceptors (Lipinski definition) is 6. The second-order valence-electron chi connectivity index (χ2n) is 7.20. The molecule has 0 radical (unpaired) electrons. The molecular formula is C25H31N5O. The van der Waals surface area contributed by atoms with Crippen LogP contribution in [0.3, 0.4) is 0 Å². The van der Waals surface area contributed by atoms with Crippen molar-refractivity contribution < 1.29 is 4.79 Å². The van der Waals surface area contributed by atoms with Crippen molar-refractivity contribution in [1.29, 1.82) is 5.26 Å². The number of ketones is 1. The first kappa shape index (κ1) is 25.4. The molecule has 2 heterocycles. The number of Topliss-reactive ketones (excluding diaryl/α,β-unsaturated/α-hetero) is 1. The van der Waals surface area contributed by atoms with E-state index in [4.69, 9.17) is 5.26 Å². The van der Waals surface area contributed by atoms with Gasteiger partial charge in [0.05, 0.1) is 18.1 Å². The SMILES string of the molecule is CC(=O)c1cncc(C)c1.CCC.Cc1cccc(C(C)Nc2cnc(C#N)nc2)c1. The lowest BCUT2D eigenvalue weighted by Gasteiger charge is -2.15. The summed E-state index contributed by atoms with van der Waals surface area (Å²) in [6, 6.07) is 12.2. The van der Waals surface area contributed by atoms with Crippen LogP contribution < -0.4 is 5.32 Å². The summed E-state index contributed by atoms with van der Waals surface area (Å²) in [7, 11) is 0. The molecule has 0 aliphatic carbocycles. The third-order valence-corrected chi connectivity index (χ3v) is 3.96. The van der Waals surface area contributed by atoms with Crippen LogP contribution in [0.5, 0.6) is 0 Å². The first-order valence-corrected chi connectivity index (χ1v) is 10.3. The summed E-state index contributed by atoms with van der Waals surface area (Å²) >= 11 is 0. The molecule has 0 fully saturated rings. The topological polar surface area (TPSA) is 91.6 Å². The van der Waals surface area contributed by atoms with Crippen LogP contribution in [0.4, 0.5) is 5.69 Å². The van der Waals surface area contributed by atoms with Crippen molar-refractivity contribution in [2.24, 2.45) is 0 Å². The molecule has 0 amide bonds. The van der Waals surface area contributed by atoms with Crippen LogP contribution in [0.15, 0.2) is 55.1 Å². The average Bonchev–Trinajstić information content (AvgIpc) is 2.75. The van der Waals surface area contributed by atoms with E-state index in [1.165, 1.54) is 24.5 Å². The average molecular weight is 418 g/mol. The summed E-state index contributed by atoms with van der Waals surface area (Å²) in [5, 5.41) is 11.9. The normalized spacial score (nSPS) is 10.4. The molecule has 2 aromatic heterocycles. The summed E-state index contributed by atoms with van der Waals surface area (Å²) in [5.41, 5.74) is 4.95. The van der Waals surface area contributed by atoms with E-state index in [2.05, 4.69) is 66.2 Å². The van der Waals surface area contributed by atoms with Gasteiger partial charge < -0.3 is 5.32 Å². The van der Waals surface area contributed by atoms with Gasteiger partial charge in [-0.25, -0.2) is 9.97 Å². The molecule has 1 atom stereocenters. The highest BCUT2D eigenvalue weighted by Gasteiger charge is 2.06. The Bertz CT molecular complexity index is 993. The van der Waals surface area contributed by atoms with Gasteiger partial charge in [0, 0.05) is 24.0 Å². The zero-order chi connectivity index (χ0) is 23.2. The Morgan fingerprint density at radius 2 is 1.71 bits per heavy atom. The lowest BCUT2D eigenvalue weighted by molar-refractivity contribution is 0.101. The van der Waals surface area contributed by atoms with Crippen molar-refractivity contribution in [3.8, 4) is 6.07 Å². The van der Waals surface area contributed by atoms with E-state index >= 15 is 0 Å². The predicted molar refractivity (Wildman–Crippen MR) is 125 cm³/mol. The Labute approximate surface area is 185 Å². The minimum Gasteiger partial charge on any atom is -0.376 e. The molecule has 31 heavy (non-hydrogen) atoms. The van der Waals surface area contributed by atoms with Gasteiger partial charge in [0.25, 0.3) is 0 Å². The summed E-state index contributed by atoms with van der Waals surface area (Å²) in [4.78, 5) is 22.5. The van der Waals surface area contributed by atoms with E-state index < -0.39 is 0 Å². The molecule has 1 N–H and O–H groups in total. The van der Waals surface area contributed by atoms with E-state index in [1.807, 2.05) is 25.1 Å². The maximum absolute atomic E-state index is 10.8. The van der Waals surface area contributed by atoms with Crippen molar-refractivity contribution in [3.05, 3.63) is 83.2 Å². The van der Waals surface area contributed by atoms with Crippen molar-refractivity contribution in [2.75, 3.05) is 5.32 Å². The maximum Gasteiger partial charge on any atom is 0.232 e. The van der Waals surface area contributed by atoms with E-state index in [9.17, 15) is 4.79 Å². The predicted octanol–water partition coefficient (Wildman–Crippen LogP) is 5.84. The van der Waals surface area contributed by atoms with Crippen molar-refractivity contribution >= 4 is 11.5 Å². The van der Waals surface area contributed by atoms with Crippen LogP contribution in [0, 0.1) is 25.2 Å².